The van der Waals surface area contributed by atoms with Crippen LogP contribution in [0.3, 0.4) is 0 Å². The fourth-order valence-electron chi connectivity index (χ4n) is 1.65. The Labute approximate surface area is 107 Å². The molecule has 0 radical (unpaired) electrons. The molecule has 0 aliphatic rings. The molecule has 0 saturated carbocycles. The van der Waals surface area contributed by atoms with Gasteiger partial charge in [0.15, 0.2) is 0 Å². The molecule has 0 spiro atoms. The molecule has 1 rings (SSSR count). The van der Waals surface area contributed by atoms with Crippen LogP contribution in [0.5, 0.6) is 0 Å². The smallest absolute Gasteiger partial charge is 0.303 e. The van der Waals surface area contributed by atoms with Gasteiger partial charge in [0.05, 0.1) is 6.61 Å². The van der Waals surface area contributed by atoms with Crippen molar-refractivity contribution in [2.75, 3.05) is 6.61 Å². The van der Waals surface area contributed by atoms with E-state index in [9.17, 15) is 9.59 Å². The number of hydrogen-bond acceptors (Lipinski definition) is 4. The zero-order valence-corrected chi connectivity index (χ0v) is 10.7. The minimum absolute atomic E-state index is 0.278. The van der Waals surface area contributed by atoms with Gasteiger partial charge in [-0.15, -0.1) is 0 Å². The number of carbonyl (C=O) groups excluding carboxylic acids is 2. The second-order valence-electron chi connectivity index (χ2n) is 3.99. The Bertz CT molecular complexity index is 386. The standard InChI is InChI=1S/C14H18O4/c1-11(15)17-10-6-9-14(18-12(2)16)13-7-4-3-5-8-13/h3-5,7-8,14H,6,9-10H2,1-2H3. The molecule has 0 N–H and O–H groups in total. The van der Waals surface area contributed by atoms with Gasteiger partial charge >= 0.3 is 11.9 Å². The maximum Gasteiger partial charge on any atom is 0.303 e. The first-order valence-electron chi connectivity index (χ1n) is 5.95. The predicted molar refractivity (Wildman–Crippen MR) is 66.8 cm³/mol. The van der Waals surface area contributed by atoms with Crippen molar-refractivity contribution in [3.05, 3.63) is 35.9 Å². The van der Waals surface area contributed by atoms with E-state index in [0.29, 0.717) is 19.4 Å². The fourth-order valence-corrected chi connectivity index (χ4v) is 1.65. The lowest BCUT2D eigenvalue weighted by Crippen LogP contribution is -2.10. The maximum atomic E-state index is 11.1. The molecule has 1 aromatic carbocycles. The van der Waals surface area contributed by atoms with E-state index in [-0.39, 0.29) is 18.0 Å². The van der Waals surface area contributed by atoms with Gasteiger partial charge in [0.25, 0.3) is 0 Å². The zero-order chi connectivity index (χ0) is 13.4. The fraction of sp³-hybridized carbons (Fsp3) is 0.429. The van der Waals surface area contributed by atoms with Crippen LogP contribution in [0, 0.1) is 0 Å². The van der Waals surface area contributed by atoms with Gasteiger partial charge in [-0.25, -0.2) is 0 Å². The molecular formula is C14H18O4. The first-order chi connectivity index (χ1) is 8.59. The largest absolute Gasteiger partial charge is 0.466 e. The average Bonchev–Trinajstić information content (AvgIpc) is 2.33. The summed E-state index contributed by atoms with van der Waals surface area (Å²) in [6.45, 7) is 3.11. The molecule has 4 nitrogen and oxygen atoms in total. The predicted octanol–water partition coefficient (Wildman–Crippen LogP) is 2.63. The summed E-state index contributed by atoms with van der Waals surface area (Å²) in [7, 11) is 0. The van der Waals surface area contributed by atoms with Gasteiger partial charge < -0.3 is 9.47 Å². The molecule has 0 saturated heterocycles. The summed E-state index contributed by atoms with van der Waals surface area (Å²) < 4.78 is 10.1. The molecule has 0 aromatic heterocycles. The number of hydrogen-bond donors (Lipinski definition) is 0. The van der Waals surface area contributed by atoms with Crippen molar-refractivity contribution in [1.82, 2.24) is 0 Å². The Morgan fingerprint density at radius 1 is 1.11 bits per heavy atom. The molecule has 0 aliphatic carbocycles. The molecule has 1 aromatic rings. The van der Waals surface area contributed by atoms with E-state index in [4.69, 9.17) is 9.47 Å². The molecule has 1 unspecified atom stereocenters. The second kappa shape index (κ2) is 7.48. The van der Waals surface area contributed by atoms with Crippen molar-refractivity contribution in [2.24, 2.45) is 0 Å². The molecule has 0 fully saturated rings. The lowest BCUT2D eigenvalue weighted by atomic mass is 10.1. The lowest BCUT2D eigenvalue weighted by molar-refractivity contribution is -0.148. The van der Waals surface area contributed by atoms with Crippen molar-refractivity contribution in [2.45, 2.75) is 32.8 Å². The highest BCUT2D eigenvalue weighted by Gasteiger charge is 2.14. The van der Waals surface area contributed by atoms with Gasteiger partial charge in [-0.2, -0.15) is 0 Å². The quantitative estimate of drug-likeness (QED) is 0.575. The summed E-state index contributed by atoms with van der Waals surface area (Å²) in [4.78, 5) is 21.7. The summed E-state index contributed by atoms with van der Waals surface area (Å²) in [6, 6.07) is 9.54. The maximum absolute atomic E-state index is 11.1. The summed E-state index contributed by atoms with van der Waals surface area (Å²) in [5.74, 6) is -0.602. The molecule has 18 heavy (non-hydrogen) atoms. The second-order valence-corrected chi connectivity index (χ2v) is 3.99. The van der Waals surface area contributed by atoms with Crippen LogP contribution in [0.2, 0.25) is 0 Å². The minimum atomic E-state index is -0.309. The summed E-state index contributed by atoms with van der Waals surface area (Å²) >= 11 is 0. The minimum Gasteiger partial charge on any atom is -0.466 e. The van der Waals surface area contributed by atoms with Crippen LogP contribution in [-0.4, -0.2) is 18.5 Å². The summed E-state index contributed by atoms with van der Waals surface area (Å²) in [5.41, 5.74) is 0.954. The van der Waals surface area contributed by atoms with Gasteiger partial charge in [0, 0.05) is 13.8 Å². The lowest BCUT2D eigenvalue weighted by Gasteiger charge is -2.17. The van der Waals surface area contributed by atoms with Crippen molar-refractivity contribution in [3.8, 4) is 0 Å². The number of benzene rings is 1. The van der Waals surface area contributed by atoms with Gasteiger partial charge in [-0.05, 0) is 18.4 Å². The highest BCUT2D eigenvalue weighted by atomic mass is 16.5. The third-order valence-electron chi connectivity index (χ3n) is 2.40. The van der Waals surface area contributed by atoms with Crippen molar-refractivity contribution >= 4 is 11.9 Å². The highest BCUT2D eigenvalue weighted by molar-refractivity contribution is 5.66. The Kier molecular flexibility index (Phi) is 5.91. The van der Waals surface area contributed by atoms with E-state index >= 15 is 0 Å². The number of carbonyl (C=O) groups is 2. The van der Waals surface area contributed by atoms with Gasteiger partial charge in [-0.3, -0.25) is 9.59 Å². The number of rotatable bonds is 6. The summed E-state index contributed by atoms with van der Waals surface area (Å²) in [5, 5.41) is 0. The van der Waals surface area contributed by atoms with Crippen molar-refractivity contribution in [3.63, 3.8) is 0 Å². The molecule has 0 bridgehead atoms. The van der Waals surface area contributed by atoms with E-state index in [0.717, 1.165) is 5.56 Å². The highest BCUT2D eigenvalue weighted by Crippen LogP contribution is 2.22. The van der Waals surface area contributed by atoms with Gasteiger partial charge in [0.2, 0.25) is 0 Å². The van der Waals surface area contributed by atoms with Crippen LogP contribution in [0.1, 0.15) is 38.4 Å². The van der Waals surface area contributed by atoms with Crippen LogP contribution < -0.4 is 0 Å². The van der Waals surface area contributed by atoms with Gasteiger partial charge in [-0.1, -0.05) is 30.3 Å². The normalized spacial score (nSPS) is 11.7. The zero-order valence-electron chi connectivity index (χ0n) is 10.7. The van der Waals surface area contributed by atoms with Crippen molar-refractivity contribution in [1.29, 1.82) is 0 Å². The number of esters is 2. The van der Waals surface area contributed by atoms with Crippen LogP contribution >= 0.6 is 0 Å². The molecule has 1 atom stereocenters. The van der Waals surface area contributed by atoms with E-state index in [1.807, 2.05) is 30.3 Å². The topological polar surface area (TPSA) is 52.6 Å². The van der Waals surface area contributed by atoms with E-state index in [1.54, 1.807) is 0 Å². The van der Waals surface area contributed by atoms with Crippen molar-refractivity contribution < 1.29 is 19.1 Å². The van der Waals surface area contributed by atoms with Crippen LogP contribution in [0.15, 0.2) is 30.3 Å². The Balaban J connectivity index is 2.51. The van der Waals surface area contributed by atoms with Crippen LogP contribution in [0.4, 0.5) is 0 Å². The molecule has 0 amide bonds. The Morgan fingerprint density at radius 2 is 1.78 bits per heavy atom. The molecular weight excluding hydrogens is 232 g/mol. The SMILES string of the molecule is CC(=O)OCCCC(OC(C)=O)c1ccccc1. The van der Waals surface area contributed by atoms with E-state index in [2.05, 4.69) is 0 Å². The first-order valence-corrected chi connectivity index (χ1v) is 5.95. The van der Waals surface area contributed by atoms with Crippen LogP contribution in [-0.2, 0) is 19.1 Å². The molecule has 4 heteroatoms. The third-order valence-corrected chi connectivity index (χ3v) is 2.40. The summed E-state index contributed by atoms with van der Waals surface area (Å²) in [6.07, 6.45) is 1.02. The van der Waals surface area contributed by atoms with Crippen LogP contribution in [0.25, 0.3) is 0 Å². The Morgan fingerprint density at radius 3 is 2.33 bits per heavy atom. The molecule has 0 heterocycles. The van der Waals surface area contributed by atoms with E-state index in [1.165, 1.54) is 13.8 Å². The molecule has 0 aliphatic heterocycles. The van der Waals surface area contributed by atoms with E-state index < -0.39 is 0 Å². The Hall–Kier alpha value is -1.84. The average molecular weight is 250 g/mol. The third kappa shape index (κ3) is 5.48. The monoisotopic (exact) mass is 250 g/mol. The first kappa shape index (κ1) is 14.2. The number of ether oxygens (including phenoxy) is 2. The molecule has 98 valence electrons. The van der Waals surface area contributed by atoms with Gasteiger partial charge in [0.1, 0.15) is 6.10 Å².